The maximum Gasteiger partial charge on any atom is 0.207 e. The van der Waals surface area contributed by atoms with E-state index in [0.29, 0.717) is 6.61 Å². The van der Waals surface area contributed by atoms with E-state index >= 15 is 0 Å². The van der Waals surface area contributed by atoms with E-state index in [9.17, 15) is 4.21 Å². The topological polar surface area (TPSA) is 76.4 Å². The average molecular weight is 203 g/mol. The maximum atomic E-state index is 10.8. The van der Waals surface area contributed by atoms with Gasteiger partial charge in [0.05, 0.1) is 12.8 Å². The molecule has 13 heavy (non-hydrogen) atoms. The van der Waals surface area contributed by atoms with Gasteiger partial charge in [0, 0.05) is 6.54 Å². The fraction of sp³-hybridized carbons (Fsp3) is 0.500. The molecule has 2 unspecified atom stereocenters. The molecule has 0 amide bonds. The van der Waals surface area contributed by atoms with Crippen LogP contribution in [0.25, 0.3) is 0 Å². The predicted octanol–water partition coefficient (Wildman–Crippen LogP) is -0.460. The predicted molar refractivity (Wildman–Crippen MR) is 44.3 cm³/mol. The highest BCUT2D eigenvalue weighted by Crippen LogP contribution is 2.13. The van der Waals surface area contributed by atoms with Crippen LogP contribution in [0.15, 0.2) is 17.3 Å². The second-order valence-corrected chi connectivity index (χ2v) is 3.46. The zero-order valence-corrected chi connectivity index (χ0v) is 7.53. The molecule has 2 rings (SSSR count). The van der Waals surface area contributed by atoms with E-state index in [0.717, 1.165) is 6.54 Å². The summed E-state index contributed by atoms with van der Waals surface area (Å²) in [7, 11) is 0. The molecule has 0 aliphatic carbocycles. The molecule has 0 spiro atoms. The Hall–Kier alpha value is -0.760. The molecule has 2 atom stereocenters. The summed E-state index contributed by atoms with van der Waals surface area (Å²) in [6.07, 6.45) is 1.05. The van der Waals surface area contributed by atoms with Crippen LogP contribution < -0.4 is 5.32 Å². The monoisotopic (exact) mass is 203 g/mol. The summed E-state index contributed by atoms with van der Waals surface area (Å²) in [6, 6.07) is 1.49. The summed E-state index contributed by atoms with van der Waals surface area (Å²) in [5.74, 6) is 0. The SMILES string of the molecule is O=S(O)c1ccnn1C1NCCO1. The second-order valence-electron chi connectivity index (χ2n) is 2.54. The zero-order chi connectivity index (χ0) is 9.26. The Bertz CT molecular complexity index is 321. The van der Waals surface area contributed by atoms with E-state index in [-0.39, 0.29) is 5.03 Å². The van der Waals surface area contributed by atoms with Crippen LogP contribution in [0.5, 0.6) is 0 Å². The molecule has 0 bridgehead atoms. The van der Waals surface area contributed by atoms with E-state index in [2.05, 4.69) is 10.4 Å². The molecule has 6 nitrogen and oxygen atoms in total. The molecule has 0 radical (unpaired) electrons. The van der Waals surface area contributed by atoms with E-state index in [4.69, 9.17) is 9.29 Å². The summed E-state index contributed by atoms with van der Waals surface area (Å²) in [4.78, 5) is 0. The van der Waals surface area contributed by atoms with Crippen LogP contribution in [-0.2, 0) is 15.8 Å². The highest BCUT2D eigenvalue weighted by molar-refractivity contribution is 7.79. The standard InChI is InChI=1S/C6H9N3O3S/c10-13(11)5-1-2-8-9(5)6-7-3-4-12-6/h1-2,6-7H,3-4H2,(H,10,11). The van der Waals surface area contributed by atoms with E-state index in [1.54, 1.807) is 0 Å². The number of nitrogens with zero attached hydrogens (tertiary/aromatic N) is 2. The van der Waals surface area contributed by atoms with Crippen LogP contribution in [0.4, 0.5) is 0 Å². The van der Waals surface area contributed by atoms with Crippen molar-refractivity contribution >= 4 is 11.1 Å². The molecule has 1 aromatic rings. The van der Waals surface area contributed by atoms with Gasteiger partial charge < -0.3 is 9.29 Å². The molecule has 7 heteroatoms. The van der Waals surface area contributed by atoms with Gasteiger partial charge in [0.15, 0.2) is 5.03 Å². The number of rotatable bonds is 2. The third-order valence-electron chi connectivity index (χ3n) is 1.73. The van der Waals surface area contributed by atoms with Crippen LogP contribution in [0.2, 0.25) is 0 Å². The van der Waals surface area contributed by atoms with Gasteiger partial charge in [-0.15, -0.1) is 0 Å². The highest BCUT2D eigenvalue weighted by atomic mass is 32.2. The van der Waals surface area contributed by atoms with Crippen molar-refractivity contribution in [2.45, 2.75) is 11.4 Å². The molecule has 2 heterocycles. The van der Waals surface area contributed by atoms with Gasteiger partial charge in [-0.3, -0.25) is 5.32 Å². The van der Waals surface area contributed by atoms with Gasteiger partial charge in [-0.05, 0) is 6.07 Å². The number of ether oxygens (including phenoxy) is 1. The van der Waals surface area contributed by atoms with Gasteiger partial charge in [-0.1, -0.05) is 0 Å². The van der Waals surface area contributed by atoms with Gasteiger partial charge >= 0.3 is 0 Å². The highest BCUT2D eigenvalue weighted by Gasteiger charge is 2.21. The molecule has 0 saturated carbocycles. The van der Waals surface area contributed by atoms with E-state index < -0.39 is 17.4 Å². The van der Waals surface area contributed by atoms with Crippen molar-refractivity contribution in [3.8, 4) is 0 Å². The van der Waals surface area contributed by atoms with Crippen molar-refractivity contribution < 1.29 is 13.5 Å². The Kier molecular flexibility index (Phi) is 2.40. The summed E-state index contributed by atoms with van der Waals surface area (Å²) in [5.41, 5.74) is 0. The molecule has 1 aliphatic rings. The number of hydrogen-bond acceptors (Lipinski definition) is 4. The van der Waals surface area contributed by atoms with Crippen molar-refractivity contribution in [1.82, 2.24) is 15.1 Å². The lowest BCUT2D eigenvalue weighted by atomic mass is 10.7. The average Bonchev–Trinajstić information content (AvgIpc) is 2.74. The smallest absolute Gasteiger partial charge is 0.207 e. The quantitative estimate of drug-likeness (QED) is 0.636. The van der Waals surface area contributed by atoms with Crippen LogP contribution in [0, 0.1) is 0 Å². The first-order valence-corrected chi connectivity index (χ1v) is 4.89. The minimum Gasteiger partial charge on any atom is -0.342 e. The lowest BCUT2D eigenvalue weighted by Gasteiger charge is -2.11. The summed E-state index contributed by atoms with van der Waals surface area (Å²) in [6.45, 7) is 1.31. The van der Waals surface area contributed by atoms with Gasteiger partial charge in [0.1, 0.15) is 0 Å². The Balaban J connectivity index is 2.28. The summed E-state index contributed by atoms with van der Waals surface area (Å²) in [5, 5.41) is 7.12. The third kappa shape index (κ3) is 1.63. The lowest BCUT2D eigenvalue weighted by Crippen LogP contribution is -2.23. The van der Waals surface area contributed by atoms with Crippen LogP contribution in [0.1, 0.15) is 6.35 Å². The largest absolute Gasteiger partial charge is 0.342 e. The zero-order valence-electron chi connectivity index (χ0n) is 6.71. The number of nitrogens with one attached hydrogen (secondary N) is 1. The number of hydrogen-bond donors (Lipinski definition) is 2. The first-order valence-electron chi connectivity index (χ1n) is 3.78. The fourth-order valence-corrected chi connectivity index (χ4v) is 1.67. The minimum absolute atomic E-state index is 0.236. The van der Waals surface area contributed by atoms with E-state index in [1.807, 2.05) is 0 Å². The van der Waals surface area contributed by atoms with Gasteiger partial charge in [0.25, 0.3) is 0 Å². The first kappa shape index (κ1) is 8.82. The Morgan fingerprint density at radius 3 is 3.31 bits per heavy atom. The molecule has 0 aromatic carbocycles. The Labute approximate surface area is 77.2 Å². The van der Waals surface area contributed by atoms with Crippen molar-refractivity contribution in [3.05, 3.63) is 12.3 Å². The van der Waals surface area contributed by atoms with Crippen LogP contribution in [-0.4, -0.2) is 31.7 Å². The van der Waals surface area contributed by atoms with Gasteiger partial charge in [0.2, 0.25) is 17.4 Å². The molecular formula is C6H9N3O3S. The normalized spacial score (nSPS) is 24.8. The Morgan fingerprint density at radius 1 is 1.85 bits per heavy atom. The van der Waals surface area contributed by atoms with Crippen molar-refractivity contribution in [1.29, 1.82) is 0 Å². The van der Waals surface area contributed by atoms with Gasteiger partial charge in [-0.25, -0.2) is 8.89 Å². The fourth-order valence-electron chi connectivity index (χ4n) is 1.19. The molecule has 1 saturated heterocycles. The van der Waals surface area contributed by atoms with Crippen LogP contribution in [0.3, 0.4) is 0 Å². The second kappa shape index (κ2) is 3.54. The summed E-state index contributed by atoms with van der Waals surface area (Å²) < 4.78 is 26.3. The van der Waals surface area contributed by atoms with Crippen LogP contribution >= 0.6 is 0 Å². The summed E-state index contributed by atoms with van der Waals surface area (Å²) >= 11 is -2.02. The molecule has 1 fully saturated rings. The lowest BCUT2D eigenvalue weighted by molar-refractivity contribution is 0.0270. The molecule has 72 valence electrons. The molecular weight excluding hydrogens is 194 g/mol. The molecule has 1 aliphatic heterocycles. The van der Waals surface area contributed by atoms with Crippen molar-refractivity contribution in [2.24, 2.45) is 0 Å². The van der Waals surface area contributed by atoms with Crippen molar-refractivity contribution in [2.75, 3.05) is 13.2 Å². The van der Waals surface area contributed by atoms with Crippen molar-refractivity contribution in [3.63, 3.8) is 0 Å². The Morgan fingerprint density at radius 2 is 2.69 bits per heavy atom. The minimum atomic E-state index is -2.02. The third-order valence-corrected chi connectivity index (χ3v) is 2.41. The number of aromatic nitrogens is 2. The molecule has 1 aromatic heterocycles. The maximum absolute atomic E-state index is 10.8. The molecule has 2 N–H and O–H groups in total. The first-order chi connectivity index (χ1) is 6.29. The van der Waals surface area contributed by atoms with E-state index in [1.165, 1.54) is 16.9 Å². The van der Waals surface area contributed by atoms with Gasteiger partial charge in [-0.2, -0.15) is 5.10 Å².